The number of ether oxygens (including phenoxy) is 2. The van der Waals surface area contributed by atoms with Crippen LogP contribution in [0.15, 0.2) is 53.7 Å². The first-order valence-electron chi connectivity index (χ1n) is 8.01. The molecule has 0 aliphatic rings. The van der Waals surface area contributed by atoms with E-state index < -0.39 is 0 Å². The van der Waals surface area contributed by atoms with Crippen molar-refractivity contribution in [1.29, 1.82) is 0 Å². The Labute approximate surface area is 152 Å². The van der Waals surface area contributed by atoms with Gasteiger partial charge in [-0.3, -0.25) is 0 Å². The molecule has 0 unspecified atom stereocenters. The summed E-state index contributed by atoms with van der Waals surface area (Å²) in [6, 6.07) is 16.0. The molecule has 0 bridgehead atoms. The van der Waals surface area contributed by atoms with Crippen molar-refractivity contribution in [2.45, 2.75) is 11.6 Å². The number of hydrogen-bond donors (Lipinski definition) is 0. The van der Waals surface area contributed by atoms with E-state index >= 15 is 0 Å². The monoisotopic (exact) mass is 355 g/mol. The second kappa shape index (κ2) is 8.07. The van der Waals surface area contributed by atoms with Gasteiger partial charge in [0.2, 0.25) is 0 Å². The highest BCUT2D eigenvalue weighted by Gasteiger charge is 2.11. The molecule has 25 heavy (non-hydrogen) atoms. The molecule has 5 nitrogen and oxygen atoms in total. The van der Waals surface area contributed by atoms with E-state index in [1.54, 1.807) is 26.0 Å². The van der Waals surface area contributed by atoms with Gasteiger partial charge in [-0.15, -0.1) is 10.2 Å². The molecule has 0 aliphatic carbocycles. The smallest absolute Gasteiger partial charge is 0.191 e. The van der Waals surface area contributed by atoms with Crippen LogP contribution in [0.3, 0.4) is 0 Å². The van der Waals surface area contributed by atoms with Crippen LogP contribution in [0.25, 0.3) is 11.4 Å². The van der Waals surface area contributed by atoms with Gasteiger partial charge in [0.1, 0.15) is 11.5 Å². The molecule has 130 valence electrons. The van der Waals surface area contributed by atoms with E-state index in [0.29, 0.717) is 0 Å². The van der Waals surface area contributed by atoms with E-state index in [9.17, 15) is 0 Å². The lowest BCUT2D eigenvalue weighted by Gasteiger charge is -2.06. The third kappa shape index (κ3) is 4.14. The number of rotatable bonds is 7. The molecule has 0 spiro atoms. The molecule has 3 aromatic rings. The van der Waals surface area contributed by atoms with Crippen LogP contribution in [0.1, 0.15) is 5.56 Å². The summed E-state index contributed by atoms with van der Waals surface area (Å²) in [5.41, 5.74) is 2.31. The van der Waals surface area contributed by atoms with Crippen LogP contribution < -0.4 is 9.47 Å². The second-order valence-corrected chi connectivity index (χ2v) is 6.60. The van der Waals surface area contributed by atoms with Gasteiger partial charge in [-0.05, 0) is 48.4 Å². The standard InChI is InChI=1S/C19H21N3O2S/c1-22-18(15-6-10-17(24-3)11-7-15)20-21-19(22)25-13-12-14-4-8-16(23-2)9-5-14/h4-11H,12-13H2,1-3H3. The van der Waals surface area contributed by atoms with Gasteiger partial charge in [-0.2, -0.15) is 0 Å². The molecule has 0 N–H and O–H groups in total. The number of thioether (sulfide) groups is 1. The van der Waals surface area contributed by atoms with Gasteiger partial charge in [0, 0.05) is 18.4 Å². The minimum absolute atomic E-state index is 0.833. The van der Waals surface area contributed by atoms with E-state index in [1.165, 1.54) is 5.56 Å². The molecule has 0 saturated carbocycles. The predicted octanol–water partition coefficient (Wildman–Crippen LogP) is 3.83. The summed E-state index contributed by atoms with van der Waals surface area (Å²) >= 11 is 1.71. The molecule has 3 rings (SSSR count). The highest BCUT2D eigenvalue weighted by atomic mass is 32.2. The lowest BCUT2D eigenvalue weighted by atomic mass is 10.2. The third-order valence-electron chi connectivity index (χ3n) is 3.96. The zero-order valence-electron chi connectivity index (χ0n) is 14.6. The highest BCUT2D eigenvalue weighted by molar-refractivity contribution is 7.99. The Balaban J connectivity index is 1.62. The van der Waals surface area contributed by atoms with E-state index in [-0.39, 0.29) is 0 Å². The largest absolute Gasteiger partial charge is 0.497 e. The van der Waals surface area contributed by atoms with Crippen molar-refractivity contribution in [3.63, 3.8) is 0 Å². The quantitative estimate of drug-likeness (QED) is 0.603. The molecule has 1 heterocycles. The number of aromatic nitrogens is 3. The van der Waals surface area contributed by atoms with Gasteiger partial charge in [0.25, 0.3) is 0 Å². The Morgan fingerprint density at radius 2 is 1.48 bits per heavy atom. The van der Waals surface area contributed by atoms with Crippen molar-refractivity contribution in [2.75, 3.05) is 20.0 Å². The first kappa shape index (κ1) is 17.4. The summed E-state index contributed by atoms with van der Waals surface area (Å²) in [6.45, 7) is 0. The van der Waals surface area contributed by atoms with Gasteiger partial charge in [0.15, 0.2) is 11.0 Å². The molecule has 0 fully saturated rings. The normalized spacial score (nSPS) is 10.7. The Hall–Kier alpha value is -2.47. The van der Waals surface area contributed by atoms with Crippen LogP contribution >= 0.6 is 11.8 Å². The zero-order chi connectivity index (χ0) is 17.6. The van der Waals surface area contributed by atoms with E-state index in [4.69, 9.17) is 9.47 Å². The molecule has 2 aromatic carbocycles. The fraction of sp³-hybridized carbons (Fsp3) is 0.263. The minimum atomic E-state index is 0.833. The predicted molar refractivity (Wildman–Crippen MR) is 100 cm³/mol. The third-order valence-corrected chi connectivity index (χ3v) is 4.99. The highest BCUT2D eigenvalue weighted by Crippen LogP contribution is 2.25. The Morgan fingerprint density at radius 1 is 0.880 bits per heavy atom. The second-order valence-electron chi connectivity index (χ2n) is 5.54. The maximum Gasteiger partial charge on any atom is 0.191 e. The summed E-state index contributed by atoms with van der Waals surface area (Å²) in [6.07, 6.45) is 0.972. The number of aryl methyl sites for hydroxylation is 1. The van der Waals surface area contributed by atoms with Crippen LogP contribution in [0, 0.1) is 0 Å². The number of hydrogen-bond acceptors (Lipinski definition) is 5. The Kier molecular flexibility index (Phi) is 5.60. The fourth-order valence-corrected chi connectivity index (χ4v) is 3.38. The van der Waals surface area contributed by atoms with Crippen molar-refractivity contribution in [3.8, 4) is 22.9 Å². The lowest BCUT2D eigenvalue weighted by molar-refractivity contribution is 0.414. The fourth-order valence-electron chi connectivity index (χ4n) is 2.48. The van der Waals surface area contributed by atoms with Gasteiger partial charge >= 0.3 is 0 Å². The van der Waals surface area contributed by atoms with Gasteiger partial charge in [-0.1, -0.05) is 23.9 Å². The summed E-state index contributed by atoms with van der Waals surface area (Å²) < 4.78 is 12.4. The van der Waals surface area contributed by atoms with Crippen LogP contribution in [0.4, 0.5) is 0 Å². The van der Waals surface area contributed by atoms with Crippen molar-refractivity contribution in [1.82, 2.24) is 14.8 Å². The molecule has 0 aliphatic heterocycles. The summed E-state index contributed by atoms with van der Waals surface area (Å²) in [5.74, 6) is 3.52. The summed E-state index contributed by atoms with van der Waals surface area (Å²) in [4.78, 5) is 0. The molecular weight excluding hydrogens is 334 g/mol. The first-order chi connectivity index (χ1) is 12.2. The topological polar surface area (TPSA) is 49.2 Å². The SMILES string of the molecule is COc1ccc(CCSc2nnc(-c3ccc(OC)cc3)n2C)cc1. The maximum atomic E-state index is 5.20. The maximum absolute atomic E-state index is 5.20. The molecule has 0 saturated heterocycles. The number of methoxy groups -OCH3 is 2. The molecule has 0 amide bonds. The Morgan fingerprint density at radius 3 is 2.08 bits per heavy atom. The van der Waals surface area contributed by atoms with Gasteiger partial charge in [-0.25, -0.2) is 0 Å². The van der Waals surface area contributed by atoms with Crippen molar-refractivity contribution in [3.05, 3.63) is 54.1 Å². The zero-order valence-corrected chi connectivity index (χ0v) is 15.4. The van der Waals surface area contributed by atoms with Gasteiger partial charge < -0.3 is 14.0 Å². The van der Waals surface area contributed by atoms with Crippen molar-refractivity contribution in [2.24, 2.45) is 7.05 Å². The van der Waals surface area contributed by atoms with E-state index in [2.05, 4.69) is 22.3 Å². The van der Waals surface area contributed by atoms with E-state index in [0.717, 1.165) is 40.2 Å². The van der Waals surface area contributed by atoms with Crippen LogP contribution in [0.2, 0.25) is 0 Å². The summed E-state index contributed by atoms with van der Waals surface area (Å²) in [7, 11) is 5.34. The molecular formula is C19H21N3O2S. The average molecular weight is 355 g/mol. The summed E-state index contributed by atoms with van der Waals surface area (Å²) in [5, 5.41) is 9.56. The van der Waals surface area contributed by atoms with E-state index in [1.807, 2.05) is 48.0 Å². The van der Waals surface area contributed by atoms with Crippen LogP contribution in [-0.4, -0.2) is 34.7 Å². The van der Waals surface area contributed by atoms with Crippen LogP contribution in [0.5, 0.6) is 11.5 Å². The van der Waals surface area contributed by atoms with Crippen LogP contribution in [-0.2, 0) is 13.5 Å². The molecule has 0 radical (unpaired) electrons. The first-order valence-corrected chi connectivity index (χ1v) is 8.99. The lowest BCUT2D eigenvalue weighted by Crippen LogP contribution is -1.96. The van der Waals surface area contributed by atoms with Crippen molar-refractivity contribution >= 4 is 11.8 Å². The number of benzene rings is 2. The Bertz CT molecular complexity index is 814. The van der Waals surface area contributed by atoms with Crippen molar-refractivity contribution < 1.29 is 9.47 Å². The molecule has 1 aromatic heterocycles. The number of nitrogens with zero attached hydrogens (tertiary/aromatic N) is 3. The molecule has 6 heteroatoms. The van der Waals surface area contributed by atoms with Gasteiger partial charge in [0.05, 0.1) is 14.2 Å². The minimum Gasteiger partial charge on any atom is -0.497 e. The molecule has 0 atom stereocenters. The average Bonchev–Trinajstić information content (AvgIpc) is 3.03.